The highest BCUT2D eigenvalue weighted by Gasteiger charge is 2.19. The molecule has 3 aromatic rings. The molecule has 0 fully saturated rings. The summed E-state index contributed by atoms with van der Waals surface area (Å²) < 4.78 is 5.40. The Morgan fingerprint density at radius 3 is 3.08 bits per heavy atom. The molecule has 0 bridgehead atoms. The van der Waals surface area contributed by atoms with Crippen LogP contribution in [0.1, 0.15) is 35.8 Å². The molecule has 7 heteroatoms. The molecule has 2 N–H and O–H groups in total. The maximum atomic E-state index is 9.78. The van der Waals surface area contributed by atoms with Gasteiger partial charge in [-0.2, -0.15) is 5.10 Å². The van der Waals surface area contributed by atoms with Gasteiger partial charge in [0.2, 0.25) is 0 Å². The van der Waals surface area contributed by atoms with Crippen molar-refractivity contribution in [2.45, 2.75) is 32.6 Å². The van der Waals surface area contributed by atoms with Crippen LogP contribution in [0, 0.1) is 0 Å². The smallest absolute Gasteiger partial charge is 0.161 e. The number of benzene rings is 1. The van der Waals surface area contributed by atoms with Crippen molar-refractivity contribution in [3.63, 3.8) is 0 Å². The number of thiophene rings is 1. The standard InChI is InChI=1S/C19H20N4O2S/c1-2-25-15-9-12(7-8-14(15)24)10-22-23-18-17-13-5-3-4-6-16(13)26-19(17)21-11-20-18/h7-11,24H,2-6H2,1H3,(H,20,21,23)/b22-10-. The number of anilines is 1. The summed E-state index contributed by atoms with van der Waals surface area (Å²) in [6.07, 6.45) is 7.94. The lowest BCUT2D eigenvalue weighted by Crippen LogP contribution is -2.01. The number of phenolic OH excluding ortho intramolecular Hbond substituents is 1. The minimum Gasteiger partial charge on any atom is -0.504 e. The van der Waals surface area contributed by atoms with Crippen LogP contribution in [0.5, 0.6) is 11.5 Å². The Balaban J connectivity index is 1.59. The van der Waals surface area contributed by atoms with E-state index in [1.807, 2.05) is 6.92 Å². The Kier molecular flexibility index (Phi) is 4.71. The molecule has 0 amide bonds. The van der Waals surface area contributed by atoms with E-state index in [2.05, 4.69) is 20.5 Å². The summed E-state index contributed by atoms with van der Waals surface area (Å²) in [5.74, 6) is 1.32. The van der Waals surface area contributed by atoms with E-state index in [4.69, 9.17) is 4.74 Å². The maximum absolute atomic E-state index is 9.78. The van der Waals surface area contributed by atoms with Gasteiger partial charge < -0.3 is 9.84 Å². The van der Waals surface area contributed by atoms with Crippen LogP contribution in [0.2, 0.25) is 0 Å². The van der Waals surface area contributed by atoms with Crippen molar-refractivity contribution in [3.05, 3.63) is 40.5 Å². The number of fused-ring (bicyclic) bond motifs is 3. The Hall–Kier alpha value is -2.67. The number of nitrogens with zero attached hydrogens (tertiary/aromatic N) is 3. The van der Waals surface area contributed by atoms with E-state index in [9.17, 15) is 5.11 Å². The third kappa shape index (κ3) is 3.22. The molecule has 4 rings (SSSR count). The summed E-state index contributed by atoms with van der Waals surface area (Å²) in [4.78, 5) is 11.3. The molecule has 0 spiro atoms. The first kappa shape index (κ1) is 16.8. The summed E-state index contributed by atoms with van der Waals surface area (Å²) in [7, 11) is 0. The molecule has 6 nitrogen and oxygen atoms in total. The fourth-order valence-corrected chi connectivity index (χ4v) is 4.45. The number of phenols is 1. The van der Waals surface area contributed by atoms with Crippen LogP contribution in [0.4, 0.5) is 5.82 Å². The minimum atomic E-state index is 0.124. The molecule has 26 heavy (non-hydrogen) atoms. The van der Waals surface area contributed by atoms with Crippen molar-refractivity contribution in [2.75, 3.05) is 12.0 Å². The third-order valence-electron chi connectivity index (χ3n) is 4.42. The highest BCUT2D eigenvalue weighted by Crippen LogP contribution is 2.38. The molecule has 0 saturated carbocycles. The van der Waals surface area contributed by atoms with Crippen LogP contribution in [-0.4, -0.2) is 27.9 Å². The number of rotatable bonds is 5. The second-order valence-corrected chi connectivity index (χ2v) is 7.23. The summed E-state index contributed by atoms with van der Waals surface area (Å²) in [6.45, 7) is 2.37. The first-order valence-electron chi connectivity index (χ1n) is 8.76. The predicted octanol–water partition coefficient (Wildman–Crippen LogP) is 4.12. The first-order chi connectivity index (χ1) is 12.8. The Labute approximate surface area is 155 Å². The van der Waals surface area contributed by atoms with Crippen molar-refractivity contribution >= 4 is 33.6 Å². The van der Waals surface area contributed by atoms with Gasteiger partial charge in [-0.3, -0.25) is 5.43 Å². The average Bonchev–Trinajstić information content (AvgIpc) is 3.04. The van der Waals surface area contributed by atoms with Gasteiger partial charge in [0, 0.05) is 4.88 Å². The lowest BCUT2D eigenvalue weighted by Gasteiger charge is -2.11. The van der Waals surface area contributed by atoms with Crippen LogP contribution in [-0.2, 0) is 12.8 Å². The van der Waals surface area contributed by atoms with Crippen LogP contribution >= 0.6 is 11.3 Å². The first-order valence-corrected chi connectivity index (χ1v) is 9.58. The maximum Gasteiger partial charge on any atom is 0.161 e. The highest BCUT2D eigenvalue weighted by molar-refractivity contribution is 7.19. The van der Waals surface area contributed by atoms with Crippen LogP contribution in [0.25, 0.3) is 10.2 Å². The SMILES string of the molecule is CCOc1cc(/C=N\Nc2ncnc3sc4c(c23)CCCC4)ccc1O. The van der Waals surface area contributed by atoms with E-state index in [1.165, 1.54) is 23.3 Å². The van der Waals surface area contributed by atoms with E-state index in [0.29, 0.717) is 12.4 Å². The third-order valence-corrected chi connectivity index (χ3v) is 5.62. The van der Waals surface area contributed by atoms with Crippen LogP contribution < -0.4 is 10.2 Å². The molecule has 134 valence electrons. The molecule has 0 aliphatic heterocycles. The molecule has 0 saturated heterocycles. The van der Waals surface area contributed by atoms with Crippen molar-refractivity contribution < 1.29 is 9.84 Å². The van der Waals surface area contributed by atoms with Gasteiger partial charge in [0.1, 0.15) is 11.2 Å². The van der Waals surface area contributed by atoms with Crippen molar-refractivity contribution in [2.24, 2.45) is 5.10 Å². The number of hydrazone groups is 1. The van der Waals surface area contributed by atoms with Crippen LogP contribution in [0.15, 0.2) is 29.6 Å². The summed E-state index contributed by atoms with van der Waals surface area (Å²) in [5.41, 5.74) is 5.26. The van der Waals surface area contributed by atoms with Gasteiger partial charge in [0.05, 0.1) is 18.2 Å². The molecular formula is C19H20N4O2S. The second-order valence-electron chi connectivity index (χ2n) is 6.14. The molecule has 0 unspecified atom stereocenters. The zero-order chi connectivity index (χ0) is 17.9. The fraction of sp³-hybridized carbons (Fsp3) is 0.316. The zero-order valence-electron chi connectivity index (χ0n) is 14.5. The number of nitrogens with one attached hydrogen (secondary N) is 1. The Morgan fingerprint density at radius 2 is 2.19 bits per heavy atom. The number of ether oxygens (including phenoxy) is 1. The molecule has 0 radical (unpaired) electrons. The largest absolute Gasteiger partial charge is 0.504 e. The van der Waals surface area contributed by atoms with E-state index < -0.39 is 0 Å². The minimum absolute atomic E-state index is 0.124. The average molecular weight is 368 g/mol. The molecule has 1 aliphatic carbocycles. The zero-order valence-corrected chi connectivity index (χ0v) is 15.3. The van der Waals surface area contributed by atoms with Gasteiger partial charge in [-0.05, 0) is 61.9 Å². The predicted molar refractivity (Wildman–Crippen MR) is 105 cm³/mol. The number of aromatic hydroxyl groups is 1. The summed E-state index contributed by atoms with van der Waals surface area (Å²) in [6, 6.07) is 5.14. The van der Waals surface area contributed by atoms with Gasteiger partial charge in [-0.15, -0.1) is 11.3 Å². The fourth-order valence-electron chi connectivity index (χ4n) is 3.23. The molecular weight excluding hydrogens is 348 g/mol. The van der Waals surface area contributed by atoms with Gasteiger partial charge in [-0.25, -0.2) is 9.97 Å². The Bertz CT molecular complexity index is 968. The second kappa shape index (κ2) is 7.29. The van der Waals surface area contributed by atoms with E-state index in [0.717, 1.165) is 34.4 Å². The van der Waals surface area contributed by atoms with E-state index in [1.54, 1.807) is 42.1 Å². The van der Waals surface area contributed by atoms with E-state index in [-0.39, 0.29) is 5.75 Å². The lowest BCUT2D eigenvalue weighted by molar-refractivity contribution is 0.318. The Morgan fingerprint density at radius 1 is 1.31 bits per heavy atom. The van der Waals surface area contributed by atoms with Crippen LogP contribution in [0.3, 0.4) is 0 Å². The highest BCUT2D eigenvalue weighted by atomic mass is 32.1. The monoisotopic (exact) mass is 368 g/mol. The van der Waals surface area contributed by atoms with Crippen molar-refractivity contribution in [1.29, 1.82) is 0 Å². The number of aromatic nitrogens is 2. The van der Waals surface area contributed by atoms with E-state index >= 15 is 0 Å². The number of hydrogen-bond acceptors (Lipinski definition) is 7. The normalized spacial score (nSPS) is 13.9. The number of aryl methyl sites for hydroxylation is 2. The van der Waals surface area contributed by atoms with Gasteiger partial charge in [-0.1, -0.05) is 0 Å². The van der Waals surface area contributed by atoms with Gasteiger partial charge >= 0.3 is 0 Å². The van der Waals surface area contributed by atoms with Crippen molar-refractivity contribution in [3.8, 4) is 11.5 Å². The quantitative estimate of drug-likeness (QED) is 0.523. The summed E-state index contributed by atoms with van der Waals surface area (Å²) in [5, 5.41) is 15.2. The molecule has 1 aliphatic rings. The topological polar surface area (TPSA) is 79.6 Å². The number of hydrogen-bond donors (Lipinski definition) is 2. The van der Waals surface area contributed by atoms with Gasteiger partial charge in [0.15, 0.2) is 17.3 Å². The lowest BCUT2D eigenvalue weighted by atomic mass is 9.97. The molecule has 2 heterocycles. The summed E-state index contributed by atoms with van der Waals surface area (Å²) >= 11 is 1.77. The molecule has 0 atom stereocenters. The molecule has 2 aromatic heterocycles. The molecule has 1 aromatic carbocycles. The van der Waals surface area contributed by atoms with Crippen molar-refractivity contribution in [1.82, 2.24) is 9.97 Å². The van der Waals surface area contributed by atoms with Gasteiger partial charge in [0.25, 0.3) is 0 Å².